The molecule has 1 heterocycles. The van der Waals surface area contributed by atoms with E-state index in [1.165, 1.54) is 17.1 Å². The van der Waals surface area contributed by atoms with Crippen LogP contribution in [0.4, 0.5) is 5.69 Å². The molecule has 5 nitrogen and oxygen atoms in total. The molecule has 1 aliphatic heterocycles. The van der Waals surface area contributed by atoms with E-state index < -0.39 is 5.97 Å². The van der Waals surface area contributed by atoms with Crippen molar-refractivity contribution in [3.63, 3.8) is 0 Å². The van der Waals surface area contributed by atoms with Gasteiger partial charge < -0.3 is 9.90 Å². The lowest BCUT2D eigenvalue weighted by molar-refractivity contribution is -0.255. The molecule has 82 valence electrons. The summed E-state index contributed by atoms with van der Waals surface area (Å²) in [6.45, 7) is 1.75. The van der Waals surface area contributed by atoms with E-state index in [4.69, 9.17) is 0 Å². The van der Waals surface area contributed by atoms with Gasteiger partial charge in [0, 0.05) is 5.71 Å². The highest BCUT2D eigenvalue weighted by Gasteiger charge is 2.22. The number of anilines is 1. The topological polar surface area (TPSA) is 72.8 Å². The van der Waals surface area contributed by atoms with E-state index >= 15 is 0 Å². The monoisotopic (exact) mass is 217 g/mol. The maximum absolute atomic E-state index is 11.5. The lowest BCUT2D eigenvalue weighted by Gasteiger charge is -2.13. The van der Waals surface area contributed by atoms with Gasteiger partial charge in [0.2, 0.25) is 0 Å². The average molecular weight is 217 g/mol. The Morgan fingerprint density at radius 3 is 2.81 bits per heavy atom. The zero-order valence-electron chi connectivity index (χ0n) is 8.64. The number of carboxylic acid groups (broad SMARTS) is 1. The molecule has 2 rings (SSSR count). The zero-order valence-corrected chi connectivity index (χ0v) is 8.64. The summed E-state index contributed by atoms with van der Waals surface area (Å²) in [5.41, 5.74) is 1.19. The molecule has 0 aliphatic carbocycles. The van der Waals surface area contributed by atoms with Gasteiger partial charge in [-0.3, -0.25) is 4.79 Å². The summed E-state index contributed by atoms with van der Waals surface area (Å²) in [6, 6.07) is 5.97. The molecular formula is C11H9N2O3-. The first-order valence-corrected chi connectivity index (χ1v) is 4.76. The molecule has 0 N–H and O–H groups in total. The Morgan fingerprint density at radius 2 is 2.25 bits per heavy atom. The van der Waals surface area contributed by atoms with Gasteiger partial charge in [-0.2, -0.15) is 5.10 Å². The molecule has 0 radical (unpaired) electrons. The van der Waals surface area contributed by atoms with Crippen LogP contribution >= 0.6 is 0 Å². The van der Waals surface area contributed by atoms with Gasteiger partial charge in [-0.05, 0) is 24.6 Å². The summed E-state index contributed by atoms with van der Waals surface area (Å²) >= 11 is 0. The predicted octanol–water partition coefficient (Wildman–Crippen LogP) is 0.163. The van der Waals surface area contributed by atoms with Gasteiger partial charge >= 0.3 is 0 Å². The number of rotatable bonds is 2. The fraction of sp³-hybridized carbons (Fsp3) is 0.182. The van der Waals surface area contributed by atoms with Crippen molar-refractivity contribution >= 4 is 23.3 Å². The normalized spacial score (nSPS) is 15.2. The quantitative estimate of drug-likeness (QED) is 0.708. The van der Waals surface area contributed by atoms with Gasteiger partial charge in [-0.15, -0.1) is 0 Å². The molecule has 1 aromatic carbocycles. The largest absolute Gasteiger partial charge is 0.545 e. The maximum atomic E-state index is 11.5. The number of nitrogens with zero attached hydrogens (tertiary/aromatic N) is 2. The Kier molecular flexibility index (Phi) is 2.44. The van der Waals surface area contributed by atoms with Gasteiger partial charge in [-0.1, -0.05) is 12.1 Å². The van der Waals surface area contributed by atoms with Crippen molar-refractivity contribution in [3.05, 3.63) is 29.8 Å². The molecule has 0 unspecified atom stereocenters. The zero-order chi connectivity index (χ0) is 11.7. The van der Waals surface area contributed by atoms with Crippen LogP contribution < -0.4 is 10.1 Å². The lowest BCUT2D eigenvalue weighted by atomic mass is 10.2. The van der Waals surface area contributed by atoms with E-state index in [9.17, 15) is 14.7 Å². The smallest absolute Gasteiger partial charge is 0.253 e. The molecule has 16 heavy (non-hydrogen) atoms. The number of hydrogen-bond acceptors (Lipinski definition) is 4. The molecule has 0 bridgehead atoms. The average Bonchev–Trinajstić information content (AvgIpc) is 2.58. The van der Waals surface area contributed by atoms with Gasteiger partial charge in [0.25, 0.3) is 5.91 Å². The molecule has 1 aliphatic rings. The van der Waals surface area contributed by atoms with E-state index in [0.717, 1.165) is 0 Å². The Labute approximate surface area is 92.0 Å². The van der Waals surface area contributed by atoms with Crippen molar-refractivity contribution in [3.8, 4) is 0 Å². The van der Waals surface area contributed by atoms with Gasteiger partial charge in [0.05, 0.1) is 18.1 Å². The number of amides is 1. The Hall–Kier alpha value is -2.17. The van der Waals surface area contributed by atoms with Crippen molar-refractivity contribution in [2.45, 2.75) is 13.3 Å². The van der Waals surface area contributed by atoms with Crippen molar-refractivity contribution in [2.75, 3.05) is 5.01 Å². The minimum Gasteiger partial charge on any atom is -0.545 e. The van der Waals surface area contributed by atoms with Crippen LogP contribution in [0, 0.1) is 0 Å². The van der Waals surface area contributed by atoms with Crippen molar-refractivity contribution in [1.29, 1.82) is 0 Å². The number of hydrazone groups is 1. The van der Waals surface area contributed by atoms with Gasteiger partial charge in [0.1, 0.15) is 0 Å². The molecule has 0 spiro atoms. The number of aromatic carboxylic acids is 1. The highest BCUT2D eigenvalue weighted by molar-refractivity contribution is 6.12. The van der Waals surface area contributed by atoms with Crippen LogP contribution in [0.25, 0.3) is 0 Å². The number of carbonyl (C=O) groups excluding carboxylic acids is 2. The lowest BCUT2D eigenvalue weighted by Crippen LogP contribution is -2.24. The van der Waals surface area contributed by atoms with E-state index in [1.54, 1.807) is 19.1 Å². The molecule has 0 fully saturated rings. The van der Waals surface area contributed by atoms with E-state index in [0.29, 0.717) is 11.4 Å². The molecule has 1 amide bonds. The van der Waals surface area contributed by atoms with E-state index in [1.807, 2.05) is 0 Å². The first kappa shape index (κ1) is 10.4. The second kappa shape index (κ2) is 3.77. The Bertz CT molecular complexity index is 494. The third kappa shape index (κ3) is 1.79. The number of hydrogen-bond donors (Lipinski definition) is 0. The van der Waals surface area contributed by atoms with Crippen LogP contribution in [-0.4, -0.2) is 17.6 Å². The summed E-state index contributed by atoms with van der Waals surface area (Å²) in [6.07, 6.45) is 0.273. The number of carbonyl (C=O) groups is 2. The third-order valence-corrected chi connectivity index (χ3v) is 2.24. The van der Waals surface area contributed by atoms with Crippen molar-refractivity contribution in [1.82, 2.24) is 0 Å². The maximum Gasteiger partial charge on any atom is 0.253 e. The summed E-state index contributed by atoms with van der Waals surface area (Å²) in [5, 5.41) is 15.9. The van der Waals surface area contributed by atoms with Crippen LogP contribution in [-0.2, 0) is 4.79 Å². The van der Waals surface area contributed by atoms with Crippen LogP contribution in [0.1, 0.15) is 23.7 Å². The van der Waals surface area contributed by atoms with Crippen molar-refractivity contribution < 1.29 is 14.7 Å². The first-order valence-electron chi connectivity index (χ1n) is 4.76. The minimum atomic E-state index is -1.27. The second-order valence-corrected chi connectivity index (χ2v) is 3.56. The summed E-state index contributed by atoms with van der Waals surface area (Å²) in [4.78, 5) is 22.2. The molecule has 5 heteroatoms. The predicted molar refractivity (Wildman–Crippen MR) is 56.0 cm³/mol. The fourth-order valence-corrected chi connectivity index (χ4v) is 1.52. The minimum absolute atomic E-state index is 0.0325. The highest BCUT2D eigenvalue weighted by Crippen LogP contribution is 2.21. The summed E-state index contributed by atoms with van der Waals surface area (Å²) in [7, 11) is 0. The van der Waals surface area contributed by atoms with E-state index in [-0.39, 0.29) is 17.9 Å². The third-order valence-electron chi connectivity index (χ3n) is 2.24. The van der Waals surface area contributed by atoms with Crippen molar-refractivity contribution in [2.24, 2.45) is 5.10 Å². The first-order chi connectivity index (χ1) is 7.58. The van der Waals surface area contributed by atoms with Gasteiger partial charge in [-0.25, -0.2) is 5.01 Å². The molecule has 0 saturated heterocycles. The molecular weight excluding hydrogens is 208 g/mol. The Balaban J connectivity index is 2.38. The van der Waals surface area contributed by atoms with Crippen LogP contribution in [0.15, 0.2) is 29.4 Å². The fourth-order valence-electron chi connectivity index (χ4n) is 1.52. The molecule has 1 aromatic rings. The van der Waals surface area contributed by atoms with Crippen LogP contribution in [0.5, 0.6) is 0 Å². The Morgan fingerprint density at radius 1 is 1.50 bits per heavy atom. The highest BCUT2D eigenvalue weighted by atomic mass is 16.4. The van der Waals surface area contributed by atoms with E-state index in [2.05, 4.69) is 5.10 Å². The van der Waals surface area contributed by atoms with Gasteiger partial charge in [0.15, 0.2) is 0 Å². The summed E-state index contributed by atoms with van der Waals surface area (Å²) in [5.74, 6) is -1.43. The number of carboxylic acids is 1. The SMILES string of the molecule is CC1=NN(c2cccc(C(=O)[O-])c2)C(=O)C1. The summed E-state index contributed by atoms with van der Waals surface area (Å²) < 4.78 is 0. The molecule has 0 atom stereocenters. The van der Waals surface area contributed by atoms with Crippen LogP contribution in [0.3, 0.4) is 0 Å². The molecule has 0 saturated carbocycles. The standard InChI is InChI=1S/C11H10N2O3/c1-7-5-10(14)13(12-7)9-4-2-3-8(6-9)11(15)16/h2-4,6H,5H2,1H3,(H,15,16)/p-1. The van der Waals surface area contributed by atoms with Crippen LogP contribution in [0.2, 0.25) is 0 Å². The number of benzene rings is 1. The molecule has 0 aromatic heterocycles. The second-order valence-electron chi connectivity index (χ2n) is 3.56.